The van der Waals surface area contributed by atoms with Crippen molar-refractivity contribution in [3.8, 4) is 34.2 Å². The van der Waals surface area contributed by atoms with Gasteiger partial charge in [0, 0.05) is 24.0 Å². The Hall–Kier alpha value is -5.26. The summed E-state index contributed by atoms with van der Waals surface area (Å²) in [6.07, 6.45) is 6.34. The molecule has 0 saturated carbocycles. The Morgan fingerprint density at radius 2 is 1.77 bits per heavy atom. The molecule has 0 bridgehead atoms. The highest BCUT2D eigenvalue weighted by Crippen LogP contribution is 2.30. The van der Waals surface area contributed by atoms with E-state index < -0.39 is 5.97 Å². The molecular weight excluding hydrogens is 548 g/mol. The SMILES string of the molecule is CCCCc1nc(C)n(-c2ncc(OCCCC(=O)O)cn2)c(=O)c1Cc1ccc(-c2ccccc2-c2nn[nH]n2)cc1. The quantitative estimate of drug-likeness (QED) is 0.191. The Labute approximate surface area is 247 Å². The first-order chi connectivity index (χ1) is 20.9. The molecule has 0 saturated heterocycles. The zero-order valence-corrected chi connectivity index (χ0v) is 24.0. The van der Waals surface area contributed by atoms with Gasteiger partial charge < -0.3 is 9.84 Å². The van der Waals surface area contributed by atoms with Crippen LogP contribution in [-0.2, 0) is 17.6 Å². The number of aliphatic carboxylic acids is 1. The molecule has 0 radical (unpaired) electrons. The molecule has 5 rings (SSSR count). The highest BCUT2D eigenvalue weighted by Gasteiger charge is 2.18. The number of nitrogens with zero attached hydrogens (tertiary/aromatic N) is 7. The number of aromatic amines is 1. The zero-order chi connectivity index (χ0) is 30.2. The van der Waals surface area contributed by atoms with Crippen molar-refractivity contribution in [1.29, 1.82) is 0 Å². The van der Waals surface area contributed by atoms with Crippen LogP contribution in [0.4, 0.5) is 0 Å². The van der Waals surface area contributed by atoms with Gasteiger partial charge in [0.2, 0.25) is 11.8 Å². The smallest absolute Gasteiger partial charge is 0.303 e. The molecule has 0 fully saturated rings. The van der Waals surface area contributed by atoms with E-state index in [9.17, 15) is 9.59 Å². The van der Waals surface area contributed by atoms with Gasteiger partial charge >= 0.3 is 5.97 Å². The standard InChI is InChI=1S/C31H32N8O4/c1-3-4-10-27-26(17-21-12-14-22(15-13-21)24-8-5-6-9-25(24)29-35-37-38-36-29)30(42)39(20(2)34-27)31-32-18-23(19-33-31)43-16-7-11-28(40)41/h5-6,8-9,12-15,18-19H,3-4,7,10-11,16-17H2,1-2H3,(H,40,41)(H,35,36,37,38). The minimum Gasteiger partial charge on any atom is -0.490 e. The van der Waals surface area contributed by atoms with Crippen LogP contribution in [0.5, 0.6) is 5.75 Å². The number of hydrogen-bond donors (Lipinski definition) is 2. The van der Waals surface area contributed by atoms with Crippen molar-refractivity contribution in [1.82, 2.24) is 40.1 Å². The third kappa shape index (κ3) is 6.97. The summed E-state index contributed by atoms with van der Waals surface area (Å²) < 4.78 is 6.97. The van der Waals surface area contributed by atoms with E-state index in [2.05, 4.69) is 37.5 Å². The lowest BCUT2D eigenvalue weighted by atomic mass is 9.96. The average molecular weight is 581 g/mol. The lowest BCUT2D eigenvalue weighted by molar-refractivity contribution is -0.137. The van der Waals surface area contributed by atoms with E-state index in [1.54, 1.807) is 6.92 Å². The molecule has 3 aromatic heterocycles. The molecule has 2 aromatic carbocycles. The van der Waals surface area contributed by atoms with Crippen molar-refractivity contribution in [3.63, 3.8) is 0 Å². The van der Waals surface area contributed by atoms with Gasteiger partial charge in [-0.15, -0.1) is 10.2 Å². The van der Waals surface area contributed by atoms with Gasteiger partial charge in [-0.2, -0.15) is 5.21 Å². The zero-order valence-electron chi connectivity index (χ0n) is 24.0. The summed E-state index contributed by atoms with van der Waals surface area (Å²) in [6.45, 7) is 4.11. The number of aromatic nitrogens is 8. The summed E-state index contributed by atoms with van der Waals surface area (Å²) in [4.78, 5) is 38.2. The maximum Gasteiger partial charge on any atom is 0.303 e. The van der Waals surface area contributed by atoms with Gasteiger partial charge in [-0.05, 0) is 48.1 Å². The topological polar surface area (TPSA) is 162 Å². The molecule has 0 unspecified atom stereocenters. The van der Waals surface area contributed by atoms with E-state index in [-0.39, 0.29) is 24.5 Å². The van der Waals surface area contributed by atoms with Crippen molar-refractivity contribution in [3.05, 3.63) is 93.9 Å². The number of rotatable bonds is 13. The minimum atomic E-state index is -0.877. The highest BCUT2D eigenvalue weighted by atomic mass is 16.5. The molecule has 12 nitrogen and oxygen atoms in total. The van der Waals surface area contributed by atoms with E-state index in [4.69, 9.17) is 14.8 Å². The van der Waals surface area contributed by atoms with Crippen molar-refractivity contribution in [2.75, 3.05) is 6.61 Å². The number of carboxylic acids is 1. The number of tetrazole rings is 1. The number of H-pyrrole nitrogens is 1. The van der Waals surface area contributed by atoms with Crippen molar-refractivity contribution in [2.24, 2.45) is 0 Å². The third-order valence-corrected chi connectivity index (χ3v) is 6.97. The average Bonchev–Trinajstić information content (AvgIpc) is 3.56. The van der Waals surface area contributed by atoms with Crippen molar-refractivity contribution >= 4 is 5.97 Å². The number of carbonyl (C=O) groups is 1. The van der Waals surface area contributed by atoms with E-state index in [0.717, 1.165) is 40.8 Å². The van der Waals surface area contributed by atoms with E-state index in [0.29, 0.717) is 42.2 Å². The number of aryl methyl sites for hydroxylation is 2. The number of unbranched alkanes of at least 4 members (excludes halogenated alkanes) is 1. The van der Waals surface area contributed by atoms with E-state index >= 15 is 0 Å². The molecule has 5 aromatic rings. The van der Waals surface area contributed by atoms with Gasteiger partial charge in [0.1, 0.15) is 5.82 Å². The Morgan fingerprint density at radius 1 is 1.02 bits per heavy atom. The summed E-state index contributed by atoms with van der Waals surface area (Å²) in [5.41, 5.74) is 4.99. The molecule has 3 heterocycles. The molecule has 0 aliphatic heterocycles. The van der Waals surface area contributed by atoms with Crippen molar-refractivity contribution in [2.45, 2.75) is 52.4 Å². The van der Waals surface area contributed by atoms with Crippen LogP contribution >= 0.6 is 0 Å². The summed E-state index contributed by atoms with van der Waals surface area (Å²) >= 11 is 0. The maximum atomic E-state index is 13.9. The molecular formula is C31H32N8O4. The Balaban J connectivity index is 1.42. The van der Waals surface area contributed by atoms with Crippen LogP contribution in [-0.4, -0.2) is 57.8 Å². The second-order valence-corrected chi connectivity index (χ2v) is 10.0. The third-order valence-electron chi connectivity index (χ3n) is 6.97. The largest absolute Gasteiger partial charge is 0.490 e. The van der Waals surface area contributed by atoms with Gasteiger partial charge in [0.25, 0.3) is 5.56 Å². The van der Waals surface area contributed by atoms with E-state index in [1.165, 1.54) is 17.0 Å². The molecule has 0 aliphatic rings. The maximum absolute atomic E-state index is 13.9. The molecule has 2 N–H and O–H groups in total. The lowest BCUT2D eigenvalue weighted by Crippen LogP contribution is -2.29. The summed E-state index contributed by atoms with van der Waals surface area (Å²) in [6, 6.07) is 16.0. The molecule has 0 spiro atoms. The second kappa shape index (κ2) is 13.6. The van der Waals surface area contributed by atoms with Gasteiger partial charge in [0.15, 0.2) is 5.75 Å². The number of carboxylic acid groups (broad SMARTS) is 1. The van der Waals surface area contributed by atoms with Crippen LogP contribution in [0.25, 0.3) is 28.5 Å². The molecule has 0 amide bonds. The minimum absolute atomic E-state index is 0.0165. The van der Waals surface area contributed by atoms with Crippen LogP contribution in [0.3, 0.4) is 0 Å². The molecule has 12 heteroatoms. The van der Waals surface area contributed by atoms with Crippen LogP contribution in [0.15, 0.2) is 65.7 Å². The Bertz CT molecular complexity index is 1730. The fraction of sp³-hybridized carbons (Fsp3) is 0.290. The van der Waals surface area contributed by atoms with Gasteiger partial charge in [-0.3, -0.25) is 9.59 Å². The van der Waals surface area contributed by atoms with Crippen LogP contribution in [0.1, 0.15) is 55.3 Å². The predicted octanol–water partition coefficient (Wildman–Crippen LogP) is 4.36. The first kappa shape index (κ1) is 29.2. The highest BCUT2D eigenvalue weighted by molar-refractivity contribution is 5.80. The van der Waals surface area contributed by atoms with Crippen LogP contribution < -0.4 is 10.3 Å². The second-order valence-electron chi connectivity index (χ2n) is 10.0. The molecule has 43 heavy (non-hydrogen) atoms. The summed E-state index contributed by atoms with van der Waals surface area (Å²) in [5.74, 6) is 0.741. The molecule has 0 atom stereocenters. The van der Waals surface area contributed by atoms with Gasteiger partial charge in [-0.25, -0.2) is 19.5 Å². The van der Waals surface area contributed by atoms with Gasteiger partial charge in [-0.1, -0.05) is 61.9 Å². The van der Waals surface area contributed by atoms with Gasteiger partial charge in [0.05, 0.1) is 24.7 Å². The monoisotopic (exact) mass is 580 g/mol. The first-order valence-corrected chi connectivity index (χ1v) is 14.1. The van der Waals surface area contributed by atoms with Crippen molar-refractivity contribution < 1.29 is 14.6 Å². The number of benzene rings is 2. The summed E-state index contributed by atoms with van der Waals surface area (Å²) in [7, 11) is 0. The predicted molar refractivity (Wildman–Crippen MR) is 159 cm³/mol. The Morgan fingerprint density at radius 3 is 2.44 bits per heavy atom. The van der Waals surface area contributed by atoms with E-state index in [1.807, 2.05) is 48.5 Å². The first-order valence-electron chi connectivity index (χ1n) is 14.1. The number of hydrogen-bond acceptors (Lipinski definition) is 9. The fourth-order valence-corrected chi connectivity index (χ4v) is 4.81. The number of ether oxygens (including phenoxy) is 1. The lowest BCUT2D eigenvalue weighted by Gasteiger charge is -2.15. The molecule has 220 valence electrons. The van der Waals surface area contributed by atoms with Crippen LogP contribution in [0.2, 0.25) is 0 Å². The molecule has 0 aliphatic carbocycles. The fourth-order valence-electron chi connectivity index (χ4n) is 4.81. The Kier molecular flexibility index (Phi) is 9.25. The summed E-state index contributed by atoms with van der Waals surface area (Å²) in [5, 5.41) is 23.2. The number of nitrogens with one attached hydrogen (secondary N) is 1. The van der Waals surface area contributed by atoms with Crippen LogP contribution in [0, 0.1) is 6.92 Å². The normalized spacial score (nSPS) is 11.0.